The molecule has 0 amide bonds. The number of hydrogen-bond acceptors (Lipinski definition) is 3. The Hall–Kier alpha value is -2.03. The van der Waals surface area contributed by atoms with Crippen molar-refractivity contribution in [3.63, 3.8) is 0 Å². The van der Waals surface area contributed by atoms with Crippen molar-refractivity contribution in [3.8, 4) is 0 Å². The molecule has 0 atom stereocenters. The van der Waals surface area contributed by atoms with Crippen LogP contribution in [-0.2, 0) is 10.0 Å². The van der Waals surface area contributed by atoms with Crippen LogP contribution in [0.25, 0.3) is 0 Å². The maximum Gasteiger partial charge on any atom is 0.261 e. The second-order valence-electron chi connectivity index (χ2n) is 6.28. The van der Waals surface area contributed by atoms with Gasteiger partial charge in [-0.05, 0) is 79.3 Å². The van der Waals surface area contributed by atoms with Crippen LogP contribution in [0.5, 0.6) is 0 Å². The van der Waals surface area contributed by atoms with Gasteiger partial charge in [-0.1, -0.05) is 40.9 Å². The maximum absolute atomic E-state index is 12.6. The van der Waals surface area contributed by atoms with Crippen molar-refractivity contribution in [2.24, 2.45) is 0 Å². The monoisotopic (exact) mass is 499 g/mol. The van der Waals surface area contributed by atoms with E-state index in [9.17, 15) is 8.42 Å². The molecular formula is C20H16Cl3N3O2S2. The molecule has 0 aromatic heterocycles. The predicted octanol–water partition coefficient (Wildman–Crippen LogP) is 6.56. The first kappa shape index (κ1) is 22.7. The van der Waals surface area contributed by atoms with Crippen molar-refractivity contribution >= 4 is 79.2 Å². The number of sulfonamides is 1. The third-order valence-electron chi connectivity index (χ3n) is 4.05. The van der Waals surface area contributed by atoms with Crippen LogP contribution in [-0.4, -0.2) is 13.5 Å². The molecule has 0 spiro atoms. The topological polar surface area (TPSA) is 70.2 Å². The molecule has 0 aliphatic heterocycles. The Morgan fingerprint density at radius 3 is 2.13 bits per heavy atom. The zero-order valence-electron chi connectivity index (χ0n) is 15.5. The number of rotatable bonds is 5. The van der Waals surface area contributed by atoms with Gasteiger partial charge in [-0.2, -0.15) is 0 Å². The molecule has 0 unspecified atom stereocenters. The van der Waals surface area contributed by atoms with Gasteiger partial charge < -0.3 is 10.6 Å². The fourth-order valence-electron chi connectivity index (χ4n) is 2.57. The first-order valence-electron chi connectivity index (χ1n) is 8.56. The van der Waals surface area contributed by atoms with Crippen LogP contribution in [0.2, 0.25) is 15.1 Å². The van der Waals surface area contributed by atoms with Crippen LogP contribution in [0.4, 0.5) is 17.1 Å². The lowest BCUT2D eigenvalue weighted by Gasteiger charge is -2.14. The molecule has 0 radical (unpaired) electrons. The van der Waals surface area contributed by atoms with Gasteiger partial charge in [0.05, 0.1) is 10.6 Å². The van der Waals surface area contributed by atoms with Crippen LogP contribution >= 0.6 is 47.0 Å². The van der Waals surface area contributed by atoms with Crippen molar-refractivity contribution < 1.29 is 8.42 Å². The van der Waals surface area contributed by atoms with Gasteiger partial charge in [-0.3, -0.25) is 4.72 Å². The minimum absolute atomic E-state index is 0.0775. The summed E-state index contributed by atoms with van der Waals surface area (Å²) in [5.74, 6) is 0. The van der Waals surface area contributed by atoms with Crippen molar-refractivity contribution in [1.82, 2.24) is 0 Å². The molecule has 30 heavy (non-hydrogen) atoms. The molecule has 156 valence electrons. The van der Waals surface area contributed by atoms with Gasteiger partial charge in [0.25, 0.3) is 10.0 Å². The Kier molecular flexibility index (Phi) is 7.10. The highest BCUT2D eigenvalue weighted by atomic mass is 35.5. The molecule has 3 N–H and O–H groups in total. The Bertz CT molecular complexity index is 1180. The highest BCUT2D eigenvalue weighted by Gasteiger charge is 2.15. The second kappa shape index (κ2) is 9.41. The number of anilines is 3. The molecular weight excluding hydrogens is 485 g/mol. The summed E-state index contributed by atoms with van der Waals surface area (Å²) < 4.78 is 27.7. The SMILES string of the molecule is Cc1c(Cl)cccc1NC(=S)Nc1ccc(S(=O)(=O)Nc2cc(Cl)cc(Cl)c2)cc1. The van der Waals surface area contributed by atoms with Crippen molar-refractivity contribution in [3.05, 3.63) is 81.3 Å². The first-order chi connectivity index (χ1) is 14.1. The average molecular weight is 501 g/mol. The van der Waals surface area contributed by atoms with Crippen LogP contribution in [0.3, 0.4) is 0 Å². The molecule has 3 rings (SSSR count). The van der Waals surface area contributed by atoms with Gasteiger partial charge in [0.1, 0.15) is 0 Å². The van der Waals surface area contributed by atoms with E-state index in [2.05, 4.69) is 15.4 Å². The third kappa shape index (κ3) is 5.77. The van der Waals surface area contributed by atoms with Gasteiger partial charge in [-0.15, -0.1) is 0 Å². The van der Waals surface area contributed by atoms with Gasteiger partial charge >= 0.3 is 0 Å². The van der Waals surface area contributed by atoms with E-state index in [4.69, 9.17) is 47.0 Å². The molecule has 5 nitrogen and oxygen atoms in total. The molecule has 10 heteroatoms. The van der Waals surface area contributed by atoms with Gasteiger partial charge in [0, 0.05) is 26.4 Å². The Morgan fingerprint density at radius 1 is 0.867 bits per heavy atom. The largest absolute Gasteiger partial charge is 0.332 e. The zero-order chi connectivity index (χ0) is 21.9. The van der Waals surface area contributed by atoms with E-state index in [-0.39, 0.29) is 10.6 Å². The van der Waals surface area contributed by atoms with E-state index in [1.165, 1.54) is 30.3 Å². The summed E-state index contributed by atoms with van der Waals surface area (Å²) in [6.07, 6.45) is 0. The highest BCUT2D eigenvalue weighted by Crippen LogP contribution is 2.26. The molecule has 0 bridgehead atoms. The maximum atomic E-state index is 12.6. The molecule has 0 heterocycles. The van der Waals surface area contributed by atoms with Crippen molar-refractivity contribution in [2.45, 2.75) is 11.8 Å². The standard InChI is InChI=1S/C20H16Cl3N3O2S2/c1-12-18(23)3-2-4-19(12)25-20(29)24-15-5-7-17(8-6-15)30(27,28)26-16-10-13(21)9-14(22)11-16/h2-11,26H,1H3,(H2,24,25,29). The minimum Gasteiger partial charge on any atom is -0.332 e. The number of halogens is 3. The fourth-order valence-corrected chi connectivity index (χ4v) is 4.54. The molecule has 0 saturated heterocycles. The quantitative estimate of drug-likeness (QED) is 0.346. The van der Waals surface area contributed by atoms with E-state index in [0.29, 0.717) is 25.9 Å². The number of benzene rings is 3. The normalized spacial score (nSPS) is 11.1. The summed E-state index contributed by atoms with van der Waals surface area (Å²) in [6.45, 7) is 1.88. The zero-order valence-corrected chi connectivity index (χ0v) is 19.4. The second-order valence-corrected chi connectivity index (χ2v) is 9.65. The smallest absolute Gasteiger partial charge is 0.261 e. The summed E-state index contributed by atoms with van der Waals surface area (Å²) in [7, 11) is -3.81. The molecule has 0 saturated carbocycles. The summed E-state index contributed by atoms with van der Waals surface area (Å²) in [5, 5.41) is 7.71. The van der Waals surface area contributed by atoms with E-state index >= 15 is 0 Å². The first-order valence-corrected chi connectivity index (χ1v) is 11.6. The van der Waals surface area contributed by atoms with E-state index in [1.807, 2.05) is 19.1 Å². The van der Waals surface area contributed by atoms with Gasteiger partial charge in [0.15, 0.2) is 5.11 Å². The third-order valence-corrected chi connectivity index (χ3v) is 6.50. The summed E-state index contributed by atoms with van der Waals surface area (Å²) in [6, 6.07) is 16.1. The van der Waals surface area contributed by atoms with E-state index in [0.717, 1.165) is 11.3 Å². The number of nitrogens with one attached hydrogen (secondary N) is 3. The summed E-state index contributed by atoms with van der Waals surface area (Å²) in [4.78, 5) is 0.0775. The molecule has 0 fully saturated rings. The van der Waals surface area contributed by atoms with Gasteiger partial charge in [0.2, 0.25) is 0 Å². The van der Waals surface area contributed by atoms with E-state index in [1.54, 1.807) is 18.2 Å². The fraction of sp³-hybridized carbons (Fsp3) is 0.0500. The molecule has 0 aliphatic carbocycles. The van der Waals surface area contributed by atoms with Crippen LogP contribution in [0, 0.1) is 6.92 Å². The van der Waals surface area contributed by atoms with Crippen molar-refractivity contribution in [2.75, 3.05) is 15.4 Å². The van der Waals surface area contributed by atoms with Crippen LogP contribution in [0.15, 0.2) is 65.6 Å². The highest BCUT2D eigenvalue weighted by molar-refractivity contribution is 7.92. The Labute approximate surface area is 195 Å². The lowest BCUT2D eigenvalue weighted by Crippen LogP contribution is -2.19. The number of thiocarbonyl (C=S) groups is 1. The summed E-state index contributed by atoms with van der Waals surface area (Å²) >= 11 is 23.3. The van der Waals surface area contributed by atoms with Crippen LogP contribution < -0.4 is 15.4 Å². The summed E-state index contributed by atoms with van der Waals surface area (Å²) in [5.41, 5.74) is 2.55. The van der Waals surface area contributed by atoms with E-state index < -0.39 is 10.0 Å². The Balaban J connectivity index is 1.69. The predicted molar refractivity (Wildman–Crippen MR) is 130 cm³/mol. The van der Waals surface area contributed by atoms with Gasteiger partial charge in [-0.25, -0.2) is 8.42 Å². The lowest BCUT2D eigenvalue weighted by molar-refractivity contribution is 0.601. The Morgan fingerprint density at radius 2 is 1.50 bits per heavy atom. The lowest BCUT2D eigenvalue weighted by atomic mass is 10.2. The minimum atomic E-state index is -3.81. The molecule has 3 aromatic carbocycles. The van der Waals surface area contributed by atoms with Crippen molar-refractivity contribution in [1.29, 1.82) is 0 Å². The molecule has 0 aliphatic rings. The molecule has 3 aromatic rings. The van der Waals surface area contributed by atoms with Crippen LogP contribution in [0.1, 0.15) is 5.56 Å². The average Bonchev–Trinajstić information content (AvgIpc) is 2.64. The number of hydrogen-bond donors (Lipinski definition) is 3.